The maximum Gasteiger partial charge on any atom is 0.132 e. The van der Waals surface area contributed by atoms with E-state index in [-0.39, 0.29) is 0 Å². The highest BCUT2D eigenvalue weighted by Gasteiger charge is 1.99. The molecule has 1 aromatic rings. The van der Waals surface area contributed by atoms with Crippen LogP contribution in [0.5, 0.6) is 5.75 Å². The Hall–Kier alpha value is -0.630. The lowest BCUT2D eigenvalue weighted by Gasteiger charge is -2.05. The Morgan fingerprint density at radius 1 is 1.36 bits per heavy atom. The molecule has 0 saturated carbocycles. The van der Waals surface area contributed by atoms with E-state index in [0.29, 0.717) is 0 Å². The van der Waals surface area contributed by atoms with Crippen LogP contribution in [0, 0.1) is 6.92 Å². The summed E-state index contributed by atoms with van der Waals surface area (Å²) in [6.45, 7) is 2.08. The van der Waals surface area contributed by atoms with Crippen molar-refractivity contribution in [2.45, 2.75) is 11.8 Å². The van der Waals surface area contributed by atoms with Gasteiger partial charge in [0.15, 0.2) is 0 Å². The molecule has 0 amide bonds. The Bertz CT molecular complexity index is 245. The van der Waals surface area contributed by atoms with Crippen molar-refractivity contribution in [3.8, 4) is 5.75 Å². The molecule has 0 unspecified atom stereocenters. The van der Waals surface area contributed by atoms with E-state index in [1.165, 1.54) is 10.5 Å². The van der Waals surface area contributed by atoms with Crippen molar-refractivity contribution in [3.05, 3.63) is 23.8 Å². The first-order chi connectivity index (χ1) is 5.27. The minimum atomic E-state index is 0.961. The van der Waals surface area contributed by atoms with E-state index in [9.17, 15) is 0 Å². The van der Waals surface area contributed by atoms with Gasteiger partial charge in [-0.3, -0.25) is 0 Å². The Balaban J connectivity index is 3.06. The van der Waals surface area contributed by atoms with Crippen LogP contribution in [0.4, 0.5) is 0 Å². The highest BCUT2D eigenvalue weighted by Crippen LogP contribution is 2.27. The Morgan fingerprint density at radius 2 is 2.09 bits per heavy atom. The molecule has 0 aliphatic rings. The number of methoxy groups -OCH3 is 1. The van der Waals surface area contributed by atoms with Gasteiger partial charge in [0.1, 0.15) is 5.75 Å². The Kier molecular flexibility index (Phi) is 2.83. The summed E-state index contributed by atoms with van der Waals surface area (Å²) in [6, 6.07) is 6.18. The molecule has 0 aliphatic heterocycles. The van der Waals surface area contributed by atoms with E-state index in [4.69, 9.17) is 4.74 Å². The van der Waals surface area contributed by atoms with E-state index in [2.05, 4.69) is 25.3 Å². The van der Waals surface area contributed by atoms with Crippen LogP contribution in [0.25, 0.3) is 0 Å². The second kappa shape index (κ2) is 3.67. The van der Waals surface area contributed by atoms with Crippen LogP contribution in [0.3, 0.4) is 0 Å². The van der Waals surface area contributed by atoms with Gasteiger partial charge in [-0.25, -0.2) is 0 Å². The number of benzene rings is 1. The van der Waals surface area contributed by atoms with E-state index < -0.39 is 0 Å². The standard InChI is InChI=1S/C9H12OS/c1-7-4-5-8(10-2)9(6-7)11-3/h4-6H,1-3H3. The van der Waals surface area contributed by atoms with E-state index in [0.717, 1.165) is 5.75 Å². The fraction of sp³-hybridized carbons (Fsp3) is 0.333. The van der Waals surface area contributed by atoms with E-state index in [1.807, 2.05) is 6.07 Å². The van der Waals surface area contributed by atoms with Crippen molar-refractivity contribution in [3.63, 3.8) is 0 Å². The summed E-state index contributed by atoms with van der Waals surface area (Å²) in [4.78, 5) is 1.20. The zero-order valence-corrected chi connectivity index (χ0v) is 7.87. The van der Waals surface area contributed by atoms with Gasteiger partial charge in [0.05, 0.1) is 7.11 Å². The van der Waals surface area contributed by atoms with Crippen LogP contribution >= 0.6 is 11.8 Å². The molecule has 2 heteroatoms. The zero-order chi connectivity index (χ0) is 8.27. The van der Waals surface area contributed by atoms with Crippen molar-refractivity contribution >= 4 is 11.8 Å². The van der Waals surface area contributed by atoms with Gasteiger partial charge in [-0.2, -0.15) is 0 Å². The summed E-state index contributed by atoms with van der Waals surface area (Å²) >= 11 is 1.71. The van der Waals surface area contributed by atoms with Gasteiger partial charge in [-0.15, -0.1) is 11.8 Å². The summed E-state index contributed by atoms with van der Waals surface area (Å²) in [5, 5.41) is 0. The topological polar surface area (TPSA) is 9.23 Å². The SMILES string of the molecule is COc1ccc(C)cc1SC. The number of ether oxygens (including phenoxy) is 1. The molecular weight excluding hydrogens is 156 g/mol. The maximum atomic E-state index is 5.17. The fourth-order valence-electron chi connectivity index (χ4n) is 0.943. The van der Waals surface area contributed by atoms with Gasteiger partial charge < -0.3 is 4.74 Å². The van der Waals surface area contributed by atoms with Crippen LogP contribution in [-0.2, 0) is 0 Å². The van der Waals surface area contributed by atoms with Crippen molar-refractivity contribution in [1.29, 1.82) is 0 Å². The molecule has 0 bridgehead atoms. The summed E-state index contributed by atoms with van der Waals surface area (Å²) in [5.74, 6) is 0.961. The van der Waals surface area contributed by atoms with Gasteiger partial charge >= 0.3 is 0 Å². The van der Waals surface area contributed by atoms with Crippen molar-refractivity contribution in [2.24, 2.45) is 0 Å². The quantitative estimate of drug-likeness (QED) is 0.628. The second-order valence-electron chi connectivity index (χ2n) is 2.36. The first kappa shape index (κ1) is 8.47. The van der Waals surface area contributed by atoms with Gasteiger partial charge in [-0.05, 0) is 30.9 Å². The summed E-state index contributed by atoms with van der Waals surface area (Å²) in [5.41, 5.74) is 1.27. The second-order valence-corrected chi connectivity index (χ2v) is 3.21. The number of thioether (sulfide) groups is 1. The molecule has 0 aromatic heterocycles. The third-order valence-electron chi connectivity index (χ3n) is 1.54. The van der Waals surface area contributed by atoms with Crippen LogP contribution in [0.2, 0.25) is 0 Å². The maximum absolute atomic E-state index is 5.17. The third-order valence-corrected chi connectivity index (χ3v) is 2.30. The first-order valence-corrected chi connectivity index (χ1v) is 4.69. The normalized spacial score (nSPS) is 9.73. The number of rotatable bonds is 2. The molecule has 0 spiro atoms. The molecule has 0 fully saturated rings. The smallest absolute Gasteiger partial charge is 0.132 e. The predicted molar refractivity (Wildman–Crippen MR) is 49.5 cm³/mol. The summed E-state index contributed by atoms with van der Waals surface area (Å²) in [7, 11) is 1.70. The molecule has 0 aliphatic carbocycles. The summed E-state index contributed by atoms with van der Waals surface area (Å²) < 4.78 is 5.17. The van der Waals surface area contributed by atoms with Gasteiger partial charge in [-0.1, -0.05) is 6.07 Å². The van der Waals surface area contributed by atoms with Crippen LogP contribution in [-0.4, -0.2) is 13.4 Å². The Labute approximate surface area is 71.8 Å². The Morgan fingerprint density at radius 3 is 2.64 bits per heavy atom. The van der Waals surface area contributed by atoms with Gasteiger partial charge in [0, 0.05) is 4.90 Å². The van der Waals surface area contributed by atoms with Crippen LogP contribution < -0.4 is 4.74 Å². The van der Waals surface area contributed by atoms with E-state index >= 15 is 0 Å². The fourth-order valence-corrected chi connectivity index (χ4v) is 1.60. The highest BCUT2D eigenvalue weighted by atomic mass is 32.2. The molecule has 1 aromatic carbocycles. The van der Waals surface area contributed by atoms with Crippen LogP contribution in [0.15, 0.2) is 23.1 Å². The van der Waals surface area contributed by atoms with E-state index in [1.54, 1.807) is 18.9 Å². The molecule has 0 saturated heterocycles. The lowest BCUT2D eigenvalue weighted by molar-refractivity contribution is 0.404. The molecular formula is C9H12OS. The molecule has 11 heavy (non-hydrogen) atoms. The number of hydrogen-bond donors (Lipinski definition) is 0. The molecule has 1 rings (SSSR count). The zero-order valence-electron chi connectivity index (χ0n) is 7.05. The minimum Gasteiger partial charge on any atom is -0.496 e. The lowest BCUT2D eigenvalue weighted by Crippen LogP contribution is -1.85. The molecule has 1 nitrogen and oxygen atoms in total. The van der Waals surface area contributed by atoms with Crippen molar-refractivity contribution in [2.75, 3.05) is 13.4 Å². The monoisotopic (exact) mass is 168 g/mol. The minimum absolute atomic E-state index is 0.961. The number of hydrogen-bond acceptors (Lipinski definition) is 2. The largest absolute Gasteiger partial charge is 0.496 e. The number of aryl methyl sites for hydroxylation is 1. The predicted octanol–water partition coefficient (Wildman–Crippen LogP) is 2.73. The first-order valence-electron chi connectivity index (χ1n) is 3.46. The third kappa shape index (κ3) is 1.90. The van der Waals surface area contributed by atoms with Crippen molar-refractivity contribution < 1.29 is 4.74 Å². The summed E-state index contributed by atoms with van der Waals surface area (Å²) in [6.07, 6.45) is 2.05. The molecule has 0 atom stereocenters. The van der Waals surface area contributed by atoms with Crippen LogP contribution in [0.1, 0.15) is 5.56 Å². The molecule has 0 heterocycles. The van der Waals surface area contributed by atoms with Gasteiger partial charge in [0.25, 0.3) is 0 Å². The molecule has 60 valence electrons. The molecule has 0 N–H and O–H groups in total. The average Bonchev–Trinajstić information content (AvgIpc) is 2.04. The lowest BCUT2D eigenvalue weighted by atomic mass is 10.2. The van der Waals surface area contributed by atoms with Crippen molar-refractivity contribution in [1.82, 2.24) is 0 Å². The van der Waals surface area contributed by atoms with Gasteiger partial charge in [0.2, 0.25) is 0 Å². The molecule has 0 radical (unpaired) electrons. The average molecular weight is 168 g/mol. The highest BCUT2D eigenvalue weighted by molar-refractivity contribution is 7.98.